The van der Waals surface area contributed by atoms with Gasteiger partial charge >= 0.3 is 6.98 Å². The molecule has 0 amide bonds. The van der Waals surface area contributed by atoms with Crippen molar-refractivity contribution in [1.29, 1.82) is 0 Å². The average Bonchev–Trinajstić information content (AvgIpc) is 2.03. The number of aromatic nitrogens is 1. The van der Waals surface area contributed by atoms with E-state index < -0.39 is 12.4 Å². The molecule has 0 saturated carbocycles. The van der Waals surface area contributed by atoms with E-state index in [0.717, 1.165) is 18.3 Å². The van der Waals surface area contributed by atoms with Crippen molar-refractivity contribution < 1.29 is 12.9 Å². The van der Waals surface area contributed by atoms with E-state index in [0.29, 0.717) is 0 Å². The number of pyridine rings is 1. The normalized spacial score (nSPS) is 11.3. The number of hydrogen-bond donors (Lipinski definition) is 1. The van der Waals surface area contributed by atoms with Gasteiger partial charge < -0.3 is 18.3 Å². The van der Waals surface area contributed by atoms with Crippen LogP contribution in [0.4, 0.5) is 18.8 Å². The van der Waals surface area contributed by atoms with Gasteiger partial charge in [0.25, 0.3) is 0 Å². The molecule has 1 N–H and O–H groups in total. The van der Waals surface area contributed by atoms with E-state index in [1.807, 2.05) is 0 Å². The summed E-state index contributed by atoms with van der Waals surface area (Å²) in [6, 6.07) is 1.95. The lowest BCUT2D eigenvalue weighted by Gasteiger charge is -2.14. The van der Waals surface area contributed by atoms with Crippen LogP contribution in [0.15, 0.2) is 18.3 Å². The second-order valence-corrected chi connectivity index (χ2v) is 2.30. The van der Waals surface area contributed by atoms with Crippen LogP contribution in [0.5, 0.6) is 0 Å². The molecule has 0 aromatic carbocycles. The van der Waals surface area contributed by atoms with E-state index in [1.54, 1.807) is 0 Å². The molecule has 0 aliphatic heterocycles. The van der Waals surface area contributed by atoms with Crippen LogP contribution in [0.1, 0.15) is 0 Å². The Morgan fingerprint density at radius 2 is 2.08 bits per heavy atom. The third-order valence-corrected chi connectivity index (χ3v) is 1.42. The first-order valence-corrected chi connectivity index (χ1v) is 3.37. The Labute approximate surface area is 67.9 Å². The zero-order valence-corrected chi connectivity index (χ0v) is 6.39. The molecule has 1 rings (SSSR count). The number of anilines is 1. The zero-order chi connectivity index (χ0) is 9.19. The molecule has 0 fully saturated rings. The van der Waals surface area contributed by atoms with Crippen molar-refractivity contribution in [1.82, 2.24) is 4.98 Å². The maximum atomic E-state index is 12.1. The highest BCUT2D eigenvalue weighted by Crippen LogP contribution is 2.10. The molecule has 6 heteroatoms. The minimum absolute atomic E-state index is 0.228. The lowest BCUT2D eigenvalue weighted by molar-refractivity contribution is 0.501. The van der Waals surface area contributed by atoms with Gasteiger partial charge in [-0.1, -0.05) is 6.07 Å². The van der Waals surface area contributed by atoms with Crippen molar-refractivity contribution in [2.45, 2.75) is 0 Å². The van der Waals surface area contributed by atoms with E-state index in [2.05, 4.69) is 10.3 Å². The van der Waals surface area contributed by atoms with Crippen LogP contribution in [0.25, 0.3) is 0 Å². The SMILES string of the molecule is CNc1cc([B-](F)(F)F)ccn1. The Balaban J connectivity index is 3.02. The summed E-state index contributed by atoms with van der Waals surface area (Å²) < 4.78 is 36.3. The van der Waals surface area contributed by atoms with Crippen LogP contribution in [-0.2, 0) is 0 Å². The quantitative estimate of drug-likeness (QED) is 0.682. The summed E-state index contributed by atoms with van der Waals surface area (Å²) in [5.41, 5.74) is -0.630. The fraction of sp³-hybridized carbons (Fsp3) is 0.167. The Hall–Kier alpha value is -1.20. The van der Waals surface area contributed by atoms with Crippen LogP contribution < -0.4 is 10.8 Å². The maximum Gasteiger partial charge on any atom is 0.509 e. The van der Waals surface area contributed by atoms with Crippen molar-refractivity contribution >= 4 is 18.3 Å². The molecule has 1 aromatic rings. The summed E-state index contributed by atoms with van der Waals surface area (Å²) in [7, 11) is 1.52. The van der Waals surface area contributed by atoms with Crippen molar-refractivity contribution in [2.75, 3.05) is 12.4 Å². The van der Waals surface area contributed by atoms with E-state index in [4.69, 9.17) is 0 Å². The van der Waals surface area contributed by atoms with Crippen LogP contribution in [0.3, 0.4) is 0 Å². The number of nitrogens with zero attached hydrogens (tertiary/aromatic N) is 1. The summed E-state index contributed by atoms with van der Waals surface area (Å²) in [6.45, 7) is -4.91. The van der Waals surface area contributed by atoms with Crippen molar-refractivity contribution in [3.8, 4) is 0 Å². The number of halogens is 3. The number of rotatable bonds is 2. The molecule has 0 atom stereocenters. The second kappa shape index (κ2) is 3.04. The largest absolute Gasteiger partial charge is 0.509 e. The third kappa shape index (κ3) is 1.90. The lowest BCUT2D eigenvalue weighted by atomic mass is 9.81. The molecule has 0 saturated heterocycles. The third-order valence-electron chi connectivity index (χ3n) is 1.42. The van der Waals surface area contributed by atoms with Gasteiger partial charge in [0.2, 0.25) is 0 Å². The molecule has 1 aromatic heterocycles. The van der Waals surface area contributed by atoms with Gasteiger partial charge in [0.15, 0.2) is 0 Å². The van der Waals surface area contributed by atoms with Gasteiger partial charge in [-0.05, 0) is 6.07 Å². The first kappa shape index (κ1) is 8.90. The second-order valence-electron chi connectivity index (χ2n) is 2.30. The highest BCUT2D eigenvalue weighted by Gasteiger charge is 2.25. The Morgan fingerprint density at radius 3 is 2.58 bits per heavy atom. The molecule has 0 spiro atoms. The van der Waals surface area contributed by atoms with Gasteiger partial charge in [-0.25, -0.2) is 4.98 Å². The molecular weight excluding hydrogens is 168 g/mol. The first-order chi connectivity index (χ1) is 5.54. The molecule has 0 unspecified atom stereocenters. The molecule has 2 nitrogen and oxygen atoms in total. The van der Waals surface area contributed by atoms with Crippen molar-refractivity contribution in [3.05, 3.63) is 18.3 Å². The molecular formula is C6H7BF3N2-. The van der Waals surface area contributed by atoms with Crippen molar-refractivity contribution in [3.63, 3.8) is 0 Å². The van der Waals surface area contributed by atoms with Gasteiger partial charge in [0, 0.05) is 13.2 Å². The fourth-order valence-corrected chi connectivity index (χ4v) is 0.787. The maximum absolute atomic E-state index is 12.1. The predicted molar refractivity (Wildman–Crippen MR) is 42.5 cm³/mol. The van der Waals surface area contributed by atoms with Crippen molar-refractivity contribution in [2.24, 2.45) is 0 Å². The van der Waals surface area contributed by atoms with Gasteiger partial charge in [-0.15, -0.1) is 5.46 Å². The molecule has 66 valence electrons. The molecule has 1 heterocycles. The highest BCUT2D eigenvalue weighted by atomic mass is 19.4. The van der Waals surface area contributed by atoms with Crippen LogP contribution in [-0.4, -0.2) is 19.0 Å². The Morgan fingerprint density at radius 1 is 1.42 bits per heavy atom. The topological polar surface area (TPSA) is 24.9 Å². The minimum Gasteiger partial charge on any atom is -0.445 e. The van der Waals surface area contributed by atoms with Crippen LogP contribution in [0, 0.1) is 0 Å². The van der Waals surface area contributed by atoms with Gasteiger partial charge in [0.05, 0.1) is 0 Å². The molecule has 0 aliphatic carbocycles. The predicted octanol–water partition coefficient (Wildman–Crippen LogP) is 1.18. The van der Waals surface area contributed by atoms with E-state index in [9.17, 15) is 12.9 Å². The highest BCUT2D eigenvalue weighted by molar-refractivity contribution is 6.73. The average molecular weight is 175 g/mol. The summed E-state index contributed by atoms with van der Waals surface area (Å²) in [4.78, 5) is 3.67. The molecule has 0 aliphatic rings. The van der Waals surface area contributed by atoms with Gasteiger partial charge in [-0.3, -0.25) is 0 Å². The Bertz CT molecular complexity index is 274. The zero-order valence-electron chi connectivity index (χ0n) is 6.39. The summed E-state index contributed by atoms with van der Waals surface area (Å²) in [5.74, 6) is 0.228. The number of hydrogen-bond acceptors (Lipinski definition) is 2. The fourth-order valence-electron chi connectivity index (χ4n) is 0.787. The van der Waals surface area contributed by atoms with Gasteiger partial charge in [0.1, 0.15) is 5.82 Å². The lowest BCUT2D eigenvalue weighted by Crippen LogP contribution is -2.34. The summed E-state index contributed by atoms with van der Waals surface area (Å²) in [5, 5.41) is 2.54. The Kier molecular flexibility index (Phi) is 2.26. The van der Waals surface area contributed by atoms with E-state index >= 15 is 0 Å². The van der Waals surface area contributed by atoms with Gasteiger partial charge in [-0.2, -0.15) is 0 Å². The van der Waals surface area contributed by atoms with Crippen LogP contribution in [0.2, 0.25) is 0 Å². The smallest absolute Gasteiger partial charge is 0.445 e. The molecule has 0 bridgehead atoms. The minimum atomic E-state index is -4.91. The first-order valence-electron chi connectivity index (χ1n) is 3.37. The molecule has 12 heavy (non-hydrogen) atoms. The van der Waals surface area contributed by atoms with Crippen LogP contribution >= 0.6 is 0 Å². The monoisotopic (exact) mass is 175 g/mol. The summed E-state index contributed by atoms with van der Waals surface area (Å²) in [6.07, 6.45) is 1.14. The standard InChI is InChI=1S/C6H7BF3N2/c1-11-6-4-5(2-3-12-6)7(8,9)10/h2-4H,1H3,(H,11,12)/q-1. The number of nitrogens with one attached hydrogen (secondary N) is 1. The summed E-state index contributed by atoms with van der Waals surface area (Å²) >= 11 is 0. The van der Waals surface area contributed by atoms with E-state index in [-0.39, 0.29) is 5.82 Å². The molecule has 0 radical (unpaired) electrons. The van der Waals surface area contributed by atoms with E-state index in [1.165, 1.54) is 7.05 Å².